The van der Waals surface area contributed by atoms with Gasteiger partial charge in [0, 0.05) is 36.1 Å². The second-order valence-corrected chi connectivity index (χ2v) is 5.41. The molecule has 0 radical (unpaired) electrons. The number of ether oxygens (including phenoxy) is 1. The second kappa shape index (κ2) is 8.88. The fraction of sp³-hybridized carbons (Fsp3) is 0.235. The number of aromatic nitrogens is 1. The second-order valence-electron chi connectivity index (χ2n) is 5.00. The summed E-state index contributed by atoms with van der Waals surface area (Å²) in [6.07, 6.45) is 3.08. The lowest BCUT2D eigenvalue weighted by atomic mass is 10.2. The molecule has 0 aliphatic carbocycles. The first-order valence-electron chi connectivity index (χ1n) is 7.41. The van der Waals surface area contributed by atoms with E-state index in [0.29, 0.717) is 29.4 Å². The first-order chi connectivity index (χ1) is 11.6. The predicted molar refractivity (Wildman–Crippen MR) is 91.3 cm³/mol. The van der Waals surface area contributed by atoms with Gasteiger partial charge in [-0.15, -0.1) is 0 Å². The average Bonchev–Trinajstić information content (AvgIpc) is 2.60. The minimum atomic E-state index is -0.273. The van der Waals surface area contributed by atoms with Crippen LogP contribution in [0.3, 0.4) is 0 Å². The van der Waals surface area contributed by atoms with E-state index in [2.05, 4.69) is 15.6 Å². The van der Waals surface area contributed by atoms with Gasteiger partial charge in [-0.3, -0.25) is 14.6 Å². The molecule has 1 heterocycles. The molecule has 2 amide bonds. The number of amides is 2. The van der Waals surface area contributed by atoms with Gasteiger partial charge in [-0.1, -0.05) is 17.7 Å². The number of benzene rings is 1. The van der Waals surface area contributed by atoms with Crippen LogP contribution in [-0.2, 0) is 4.79 Å². The Morgan fingerprint density at radius 1 is 1.17 bits per heavy atom. The van der Waals surface area contributed by atoms with E-state index < -0.39 is 0 Å². The molecule has 24 heavy (non-hydrogen) atoms. The molecule has 1 aromatic carbocycles. The lowest BCUT2D eigenvalue weighted by Crippen LogP contribution is -2.36. The van der Waals surface area contributed by atoms with Crippen LogP contribution in [-0.4, -0.2) is 36.5 Å². The van der Waals surface area contributed by atoms with Crippen molar-refractivity contribution in [3.05, 3.63) is 58.9 Å². The van der Waals surface area contributed by atoms with Gasteiger partial charge in [-0.25, -0.2) is 0 Å². The van der Waals surface area contributed by atoms with E-state index in [1.807, 2.05) is 6.92 Å². The summed E-state index contributed by atoms with van der Waals surface area (Å²) in [6.45, 7) is 2.33. The van der Waals surface area contributed by atoms with Gasteiger partial charge in [0.1, 0.15) is 5.75 Å². The van der Waals surface area contributed by atoms with E-state index in [1.165, 1.54) is 6.20 Å². The minimum absolute atomic E-state index is 0.113. The summed E-state index contributed by atoms with van der Waals surface area (Å²) >= 11 is 5.99. The maximum Gasteiger partial charge on any atom is 0.258 e. The minimum Gasteiger partial charge on any atom is -0.483 e. The summed E-state index contributed by atoms with van der Waals surface area (Å²) in [7, 11) is 0. The van der Waals surface area contributed by atoms with Crippen molar-refractivity contribution in [2.45, 2.75) is 6.92 Å². The molecule has 0 atom stereocenters. The Balaban J connectivity index is 1.67. The molecule has 2 rings (SSSR count). The van der Waals surface area contributed by atoms with Crippen LogP contribution < -0.4 is 15.4 Å². The fourth-order valence-electron chi connectivity index (χ4n) is 1.92. The smallest absolute Gasteiger partial charge is 0.258 e. The molecule has 2 aromatic rings. The molecule has 0 saturated carbocycles. The molecule has 0 spiro atoms. The Hall–Kier alpha value is -2.60. The van der Waals surface area contributed by atoms with Gasteiger partial charge in [0.15, 0.2) is 6.61 Å². The van der Waals surface area contributed by atoms with Crippen LogP contribution in [0.4, 0.5) is 0 Å². The van der Waals surface area contributed by atoms with Crippen molar-refractivity contribution in [1.29, 1.82) is 0 Å². The monoisotopic (exact) mass is 347 g/mol. The molecule has 2 N–H and O–H groups in total. The number of nitrogens with zero attached hydrogens (tertiary/aromatic N) is 1. The van der Waals surface area contributed by atoms with Crippen LogP contribution in [0.1, 0.15) is 15.9 Å². The molecule has 6 nitrogen and oxygen atoms in total. The molecule has 0 aliphatic rings. The van der Waals surface area contributed by atoms with Crippen LogP contribution in [0.2, 0.25) is 5.02 Å². The van der Waals surface area contributed by atoms with E-state index in [-0.39, 0.29) is 18.4 Å². The third-order valence-electron chi connectivity index (χ3n) is 3.23. The number of hydrogen-bond donors (Lipinski definition) is 2. The summed E-state index contributed by atoms with van der Waals surface area (Å²) < 4.78 is 5.43. The maximum absolute atomic E-state index is 11.8. The first-order valence-corrected chi connectivity index (χ1v) is 7.78. The fourth-order valence-corrected chi connectivity index (χ4v) is 2.08. The Morgan fingerprint density at radius 2 is 1.96 bits per heavy atom. The van der Waals surface area contributed by atoms with Crippen molar-refractivity contribution in [3.8, 4) is 5.75 Å². The molecule has 7 heteroatoms. The van der Waals surface area contributed by atoms with Crippen LogP contribution in [0.15, 0.2) is 42.7 Å². The topological polar surface area (TPSA) is 80.3 Å². The molecular weight excluding hydrogens is 330 g/mol. The zero-order valence-electron chi connectivity index (χ0n) is 13.2. The van der Waals surface area contributed by atoms with Gasteiger partial charge in [-0.05, 0) is 31.2 Å². The number of hydrogen-bond acceptors (Lipinski definition) is 4. The molecule has 0 fully saturated rings. The summed E-state index contributed by atoms with van der Waals surface area (Å²) in [5, 5.41) is 5.95. The van der Waals surface area contributed by atoms with E-state index in [4.69, 9.17) is 16.3 Å². The van der Waals surface area contributed by atoms with Crippen molar-refractivity contribution in [1.82, 2.24) is 15.6 Å². The number of nitrogens with one attached hydrogen (secondary N) is 2. The lowest BCUT2D eigenvalue weighted by Gasteiger charge is -2.10. The Morgan fingerprint density at radius 3 is 2.71 bits per heavy atom. The predicted octanol–water partition coefficient (Wildman–Crippen LogP) is 1.97. The van der Waals surface area contributed by atoms with Crippen LogP contribution >= 0.6 is 11.6 Å². The number of carbonyl (C=O) groups is 2. The molecule has 1 aromatic heterocycles. The zero-order chi connectivity index (χ0) is 17.4. The maximum atomic E-state index is 11.8. The van der Waals surface area contributed by atoms with Gasteiger partial charge in [-0.2, -0.15) is 0 Å². The highest BCUT2D eigenvalue weighted by molar-refractivity contribution is 6.31. The normalized spacial score (nSPS) is 10.1. The number of halogens is 1. The highest BCUT2D eigenvalue weighted by atomic mass is 35.5. The summed E-state index contributed by atoms with van der Waals surface area (Å²) in [5.74, 6) is 0.0654. The summed E-state index contributed by atoms with van der Waals surface area (Å²) in [5.41, 5.74) is 1.26. The van der Waals surface area contributed by atoms with Crippen molar-refractivity contribution in [2.75, 3.05) is 19.7 Å². The number of pyridine rings is 1. The molecule has 0 aliphatic heterocycles. The number of carbonyl (C=O) groups excluding carboxylic acids is 2. The van der Waals surface area contributed by atoms with Crippen LogP contribution in [0, 0.1) is 6.92 Å². The quantitative estimate of drug-likeness (QED) is 0.750. The van der Waals surface area contributed by atoms with Crippen LogP contribution in [0.25, 0.3) is 0 Å². The molecule has 126 valence electrons. The van der Waals surface area contributed by atoms with Crippen molar-refractivity contribution >= 4 is 23.4 Å². The van der Waals surface area contributed by atoms with Crippen molar-refractivity contribution in [2.24, 2.45) is 0 Å². The number of rotatable bonds is 7. The van der Waals surface area contributed by atoms with E-state index in [0.717, 1.165) is 5.56 Å². The Bertz CT molecular complexity index is 707. The third-order valence-corrected chi connectivity index (χ3v) is 3.64. The lowest BCUT2D eigenvalue weighted by molar-refractivity contribution is -0.123. The molecule has 0 saturated heterocycles. The van der Waals surface area contributed by atoms with Gasteiger partial charge in [0.25, 0.3) is 11.8 Å². The van der Waals surface area contributed by atoms with Gasteiger partial charge < -0.3 is 15.4 Å². The highest BCUT2D eigenvalue weighted by Gasteiger charge is 2.07. The molecular formula is C17H18ClN3O3. The van der Waals surface area contributed by atoms with Gasteiger partial charge in [0.05, 0.1) is 5.56 Å². The van der Waals surface area contributed by atoms with Crippen molar-refractivity contribution < 1.29 is 14.3 Å². The molecule has 0 unspecified atom stereocenters. The van der Waals surface area contributed by atoms with E-state index >= 15 is 0 Å². The van der Waals surface area contributed by atoms with Gasteiger partial charge in [0.2, 0.25) is 0 Å². The zero-order valence-corrected chi connectivity index (χ0v) is 14.0. The largest absolute Gasteiger partial charge is 0.483 e. The summed E-state index contributed by atoms with van der Waals surface area (Å²) in [6, 6.07) is 8.63. The van der Waals surface area contributed by atoms with Crippen LogP contribution in [0.5, 0.6) is 5.75 Å². The Labute approximate surface area is 145 Å². The summed E-state index contributed by atoms with van der Waals surface area (Å²) in [4.78, 5) is 27.4. The highest BCUT2D eigenvalue weighted by Crippen LogP contribution is 2.24. The SMILES string of the molecule is Cc1c(Cl)cccc1OCC(=O)NCCNC(=O)c1cccnc1. The van der Waals surface area contributed by atoms with Gasteiger partial charge >= 0.3 is 0 Å². The molecule has 0 bridgehead atoms. The first kappa shape index (κ1) is 17.7. The average molecular weight is 348 g/mol. The standard InChI is InChI=1S/C17H18ClN3O3/c1-12-14(18)5-2-6-15(12)24-11-16(22)20-8-9-21-17(23)13-4-3-7-19-10-13/h2-7,10H,8-9,11H2,1H3,(H,20,22)(H,21,23). The van der Waals surface area contributed by atoms with E-state index in [1.54, 1.807) is 36.5 Å². The Kier molecular flexibility index (Phi) is 6.57. The third kappa shape index (κ3) is 5.24. The van der Waals surface area contributed by atoms with Crippen molar-refractivity contribution in [3.63, 3.8) is 0 Å². The van der Waals surface area contributed by atoms with E-state index in [9.17, 15) is 9.59 Å².